The van der Waals surface area contributed by atoms with Crippen molar-refractivity contribution in [3.05, 3.63) is 60.2 Å². The molecular formula is C27H38O2. The molecule has 0 aliphatic heterocycles. The van der Waals surface area contributed by atoms with Gasteiger partial charge >= 0.3 is 5.97 Å². The summed E-state index contributed by atoms with van der Waals surface area (Å²) in [6.45, 7) is 4.21. The van der Waals surface area contributed by atoms with Crippen molar-refractivity contribution in [1.29, 1.82) is 0 Å². The van der Waals surface area contributed by atoms with Gasteiger partial charge in [-0.15, -0.1) is 0 Å². The molecule has 158 valence electrons. The van der Waals surface area contributed by atoms with Crippen LogP contribution in [0.1, 0.15) is 96.1 Å². The van der Waals surface area contributed by atoms with Crippen LogP contribution in [0.5, 0.6) is 0 Å². The third-order valence-corrected chi connectivity index (χ3v) is 5.53. The predicted octanol–water partition coefficient (Wildman–Crippen LogP) is 8.27. The van der Waals surface area contributed by atoms with E-state index >= 15 is 0 Å². The maximum Gasteiger partial charge on any atom is 0.306 e. The number of benzene rings is 2. The zero-order valence-corrected chi connectivity index (χ0v) is 18.4. The van der Waals surface area contributed by atoms with Crippen LogP contribution in [0.4, 0.5) is 0 Å². The number of rotatable bonds is 14. The van der Waals surface area contributed by atoms with Crippen molar-refractivity contribution in [3.63, 3.8) is 0 Å². The molecule has 2 rings (SSSR count). The zero-order valence-electron chi connectivity index (χ0n) is 18.4. The molecule has 29 heavy (non-hydrogen) atoms. The van der Waals surface area contributed by atoms with E-state index in [0.29, 0.717) is 6.42 Å². The van der Waals surface area contributed by atoms with Gasteiger partial charge in [0.15, 0.2) is 0 Å². The highest BCUT2D eigenvalue weighted by atomic mass is 16.5. The molecule has 0 aromatic heterocycles. The number of hydrogen-bond donors (Lipinski definition) is 0. The Morgan fingerprint density at radius 3 is 1.83 bits per heavy atom. The van der Waals surface area contributed by atoms with Gasteiger partial charge < -0.3 is 4.74 Å². The van der Waals surface area contributed by atoms with Gasteiger partial charge in [-0.1, -0.05) is 119 Å². The Kier molecular flexibility index (Phi) is 11.2. The van der Waals surface area contributed by atoms with Crippen molar-refractivity contribution >= 4 is 5.97 Å². The standard InChI is InChI=1S/C27H38O2/c1-3-4-5-6-7-8-9-10-11-15-18-27(28)29-23(2)24-19-21-26(22-20-24)25-16-13-12-14-17-25/h12-14,16-17,19-23H,3-11,15,18H2,1-2H3. The second-order valence-corrected chi connectivity index (χ2v) is 8.05. The molecule has 0 N–H and O–H groups in total. The average molecular weight is 395 g/mol. The van der Waals surface area contributed by atoms with Crippen molar-refractivity contribution in [2.45, 2.75) is 90.6 Å². The van der Waals surface area contributed by atoms with Crippen LogP contribution < -0.4 is 0 Å². The zero-order chi connectivity index (χ0) is 20.7. The lowest BCUT2D eigenvalue weighted by molar-refractivity contribution is -0.148. The Hall–Kier alpha value is -2.09. The molecule has 2 aromatic carbocycles. The lowest BCUT2D eigenvalue weighted by atomic mass is 10.0. The van der Waals surface area contributed by atoms with Crippen molar-refractivity contribution in [2.75, 3.05) is 0 Å². The monoisotopic (exact) mass is 394 g/mol. The largest absolute Gasteiger partial charge is 0.458 e. The lowest BCUT2D eigenvalue weighted by Gasteiger charge is -2.14. The Morgan fingerprint density at radius 2 is 1.24 bits per heavy atom. The number of carbonyl (C=O) groups is 1. The minimum atomic E-state index is -0.199. The van der Waals surface area contributed by atoms with Crippen LogP contribution in [-0.4, -0.2) is 5.97 Å². The molecule has 0 aliphatic rings. The summed E-state index contributed by atoms with van der Waals surface area (Å²) in [5, 5.41) is 0. The third kappa shape index (κ3) is 9.30. The molecule has 2 aromatic rings. The molecule has 2 heteroatoms. The molecule has 0 saturated carbocycles. The number of carbonyl (C=O) groups excluding carboxylic acids is 1. The second-order valence-electron chi connectivity index (χ2n) is 8.05. The molecule has 0 amide bonds. The Labute approximate surface area is 177 Å². The van der Waals surface area contributed by atoms with Gasteiger partial charge in [0.25, 0.3) is 0 Å². The van der Waals surface area contributed by atoms with E-state index in [4.69, 9.17) is 4.74 Å². The summed E-state index contributed by atoms with van der Waals surface area (Å²) in [7, 11) is 0. The van der Waals surface area contributed by atoms with Gasteiger partial charge in [-0.2, -0.15) is 0 Å². The van der Waals surface area contributed by atoms with Crippen LogP contribution in [0.3, 0.4) is 0 Å². The summed E-state index contributed by atoms with van der Waals surface area (Å²) in [4.78, 5) is 12.1. The fraction of sp³-hybridized carbons (Fsp3) is 0.519. The van der Waals surface area contributed by atoms with Gasteiger partial charge in [-0.05, 0) is 30.0 Å². The van der Waals surface area contributed by atoms with Gasteiger partial charge in [0.2, 0.25) is 0 Å². The molecule has 0 heterocycles. The molecule has 2 nitrogen and oxygen atoms in total. The van der Waals surface area contributed by atoms with Crippen molar-refractivity contribution in [3.8, 4) is 11.1 Å². The van der Waals surface area contributed by atoms with E-state index in [1.165, 1.54) is 62.5 Å². The van der Waals surface area contributed by atoms with E-state index in [1.54, 1.807) is 0 Å². The fourth-order valence-corrected chi connectivity index (χ4v) is 3.66. The molecule has 0 fully saturated rings. The van der Waals surface area contributed by atoms with Crippen LogP contribution >= 0.6 is 0 Å². The molecule has 0 saturated heterocycles. The normalized spacial score (nSPS) is 11.9. The smallest absolute Gasteiger partial charge is 0.306 e. The van der Waals surface area contributed by atoms with E-state index < -0.39 is 0 Å². The molecule has 0 radical (unpaired) electrons. The number of hydrogen-bond acceptors (Lipinski definition) is 2. The van der Waals surface area contributed by atoms with E-state index in [-0.39, 0.29) is 12.1 Å². The maximum atomic E-state index is 12.1. The SMILES string of the molecule is CCCCCCCCCCCCC(=O)OC(C)c1ccc(-c2ccccc2)cc1. The van der Waals surface area contributed by atoms with Gasteiger partial charge in [0.1, 0.15) is 6.10 Å². The summed E-state index contributed by atoms with van der Waals surface area (Å²) >= 11 is 0. The lowest BCUT2D eigenvalue weighted by Crippen LogP contribution is -2.08. The Bertz CT molecular complexity index is 675. The highest BCUT2D eigenvalue weighted by Gasteiger charge is 2.11. The molecular weight excluding hydrogens is 356 g/mol. The van der Waals surface area contributed by atoms with Gasteiger partial charge in [0, 0.05) is 6.42 Å². The maximum absolute atomic E-state index is 12.1. The van der Waals surface area contributed by atoms with Crippen molar-refractivity contribution in [2.24, 2.45) is 0 Å². The number of esters is 1. The van der Waals surface area contributed by atoms with Crippen molar-refractivity contribution < 1.29 is 9.53 Å². The van der Waals surface area contributed by atoms with Gasteiger partial charge in [-0.25, -0.2) is 0 Å². The van der Waals surface area contributed by atoms with Crippen LogP contribution in [0, 0.1) is 0 Å². The summed E-state index contributed by atoms with van der Waals surface area (Å²) < 4.78 is 5.63. The van der Waals surface area contributed by atoms with Crippen LogP contribution in [-0.2, 0) is 9.53 Å². The number of ether oxygens (including phenoxy) is 1. The Morgan fingerprint density at radius 1 is 0.724 bits per heavy atom. The van der Waals surface area contributed by atoms with Gasteiger partial charge in [0.05, 0.1) is 0 Å². The molecule has 0 bridgehead atoms. The molecule has 1 atom stereocenters. The summed E-state index contributed by atoms with van der Waals surface area (Å²) in [6.07, 6.45) is 13.1. The van der Waals surface area contributed by atoms with Crippen LogP contribution in [0.15, 0.2) is 54.6 Å². The summed E-state index contributed by atoms with van der Waals surface area (Å²) in [5.74, 6) is -0.0794. The fourth-order valence-electron chi connectivity index (χ4n) is 3.66. The van der Waals surface area contributed by atoms with Crippen LogP contribution in [0.2, 0.25) is 0 Å². The van der Waals surface area contributed by atoms with E-state index in [2.05, 4.69) is 43.3 Å². The number of unbranched alkanes of at least 4 members (excludes halogenated alkanes) is 9. The third-order valence-electron chi connectivity index (χ3n) is 5.53. The highest BCUT2D eigenvalue weighted by Crippen LogP contribution is 2.24. The van der Waals surface area contributed by atoms with E-state index in [1.807, 2.05) is 25.1 Å². The van der Waals surface area contributed by atoms with Crippen molar-refractivity contribution in [1.82, 2.24) is 0 Å². The highest BCUT2D eigenvalue weighted by molar-refractivity contribution is 5.69. The van der Waals surface area contributed by atoms with E-state index in [0.717, 1.165) is 18.4 Å². The molecule has 0 aliphatic carbocycles. The van der Waals surface area contributed by atoms with Crippen LogP contribution in [0.25, 0.3) is 11.1 Å². The first-order valence-electron chi connectivity index (χ1n) is 11.6. The predicted molar refractivity (Wildman–Crippen MR) is 123 cm³/mol. The minimum absolute atomic E-state index is 0.0794. The minimum Gasteiger partial charge on any atom is -0.458 e. The van der Waals surface area contributed by atoms with E-state index in [9.17, 15) is 4.79 Å². The molecule has 1 unspecified atom stereocenters. The second kappa shape index (κ2) is 14.0. The topological polar surface area (TPSA) is 26.3 Å². The first-order valence-corrected chi connectivity index (χ1v) is 11.6. The first-order chi connectivity index (χ1) is 14.2. The van der Waals surface area contributed by atoms with Gasteiger partial charge in [-0.3, -0.25) is 4.79 Å². The summed E-state index contributed by atoms with van der Waals surface area (Å²) in [6, 6.07) is 18.6. The quantitative estimate of drug-likeness (QED) is 0.238. The molecule has 0 spiro atoms. The first kappa shape index (κ1) is 23.2. The Balaban J connectivity index is 1.59. The summed E-state index contributed by atoms with van der Waals surface area (Å²) in [5.41, 5.74) is 3.42. The average Bonchev–Trinajstić information content (AvgIpc) is 2.75.